The molecule has 0 amide bonds. The molecule has 0 bridgehead atoms. The first-order valence-electron chi connectivity index (χ1n) is 4.70. The standard InChI is InChI=1S/C10H12N4S/c1-7-5-13-10(15-7)8(2)14-9-6-11-3-4-12-9/h3-6,8H,1-2H3,(H,12,14). The van der Waals surface area contributed by atoms with E-state index in [1.165, 1.54) is 4.88 Å². The largest absolute Gasteiger partial charge is 0.360 e. The van der Waals surface area contributed by atoms with Crippen LogP contribution >= 0.6 is 11.3 Å². The number of anilines is 1. The average molecular weight is 220 g/mol. The van der Waals surface area contributed by atoms with Crippen LogP contribution in [-0.4, -0.2) is 15.0 Å². The second kappa shape index (κ2) is 4.35. The zero-order valence-corrected chi connectivity index (χ0v) is 9.45. The molecule has 0 saturated carbocycles. The maximum atomic E-state index is 4.32. The number of aryl methyl sites for hydroxylation is 1. The Labute approximate surface area is 92.4 Å². The van der Waals surface area contributed by atoms with Crippen LogP contribution in [0.4, 0.5) is 5.82 Å². The van der Waals surface area contributed by atoms with E-state index in [1.54, 1.807) is 29.9 Å². The van der Waals surface area contributed by atoms with E-state index in [2.05, 4.69) is 34.1 Å². The second-order valence-corrected chi connectivity index (χ2v) is 4.53. The van der Waals surface area contributed by atoms with E-state index in [4.69, 9.17) is 0 Å². The molecule has 0 aliphatic carbocycles. The molecule has 2 heterocycles. The van der Waals surface area contributed by atoms with Gasteiger partial charge in [0.05, 0.1) is 12.2 Å². The Morgan fingerprint density at radius 1 is 1.27 bits per heavy atom. The first kappa shape index (κ1) is 10.0. The van der Waals surface area contributed by atoms with Gasteiger partial charge < -0.3 is 5.32 Å². The van der Waals surface area contributed by atoms with Crippen LogP contribution in [0.5, 0.6) is 0 Å². The van der Waals surface area contributed by atoms with Crippen LogP contribution in [0.15, 0.2) is 24.8 Å². The Morgan fingerprint density at radius 2 is 2.13 bits per heavy atom. The third-order valence-corrected chi connectivity index (χ3v) is 3.03. The minimum absolute atomic E-state index is 0.167. The van der Waals surface area contributed by atoms with Crippen LogP contribution in [0.25, 0.3) is 0 Å². The third kappa shape index (κ3) is 2.50. The fourth-order valence-electron chi connectivity index (χ4n) is 1.23. The molecule has 0 fully saturated rings. The summed E-state index contributed by atoms with van der Waals surface area (Å²) in [4.78, 5) is 13.7. The molecule has 0 spiro atoms. The zero-order chi connectivity index (χ0) is 10.7. The van der Waals surface area contributed by atoms with Crippen molar-refractivity contribution in [3.05, 3.63) is 34.7 Å². The van der Waals surface area contributed by atoms with Gasteiger partial charge in [0.25, 0.3) is 0 Å². The Morgan fingerprint density at radius 3 is 2.73 bits per heavy atom. The predicted molar refractivity (Wildman–Crippen MR) is 60.9 cm³/mol. The molecule has 2 aromatic heterocycles. The number of hydrogen-bond donors (Lipinski definition) is 1. The molecule has 1 N–H and O–H groups in total. The highest BCUT2D eigenvalue weighted by Crippen LogP contribution is 2.21. The lowest BCUT2D eigenvalue weighted by atomic mass is 10.3. The van der Waals surface area contributed by atoms with Gasteiger partial charge in [-0.05, 0) is 13.8 Å². The van der Waals surface area contributed by atoms with E-state index in [0.717, 1.165) is 10.8 Å². The minimum Gasteiger partial charge on any atom is -0.360 e. The zero-order valence-electron chi connectivity index (χ0n) is 8.64. The average Bonchev–Trinajstić information content (AvgIpc) is 2.66. The molecular weight excluding hydrogens is 208 g/mol. The molecule has 5 heteroatoms. The van der Waals surface area contributed by atoms with Gasteiger partial charge in [-0.1, -0.05) is 0 Å². The lowest BCUT2D eigenvalue weighted by Gasteiger charge is -2.10. The summed E-state index contributed by atoms with van der Waals surface area (Å²) in [5, 5.41) is 4.31. The van der Waals surface area contributed by atoms with Crippen molar-refractivity contribution in [3.63, 3.8) is 0 Å². The number of aromatic nitrogens is 3. The molecule has 4 nitrogen and oxygen atoms in total. The Bertz CT molecular complexity index is 426. The van der Waals surface area contributed by atoms with Gasteiger partial charge in [0.15, 0.2) is 0 Å². The van der Waals surface area contributed by atoms with Crippen LogP contribution in [0.1, 0.15) is 22.9 Å². The number of thiazole rings is 1. The van der Waals surface area contributed by atoms with E-state index in [9.17, 15) is 0 Å². The summed E-state index contributed by atoms with van der Waals surface area (Å²) in [6.45, 7) is 4.11. The lowest BCUT2D eigenvalue weighted by molar-refractivity contribution is 0.858. The fourth-order valence-corrected chi connectivity index (χ4v) is 2.01. The van der Waals surface area contributed by atoms with Crippen molar-refractivity contribution >= 4 is 17.2 Å². The van der Waals surface area contributed by atoms with Crippen LogP contribution < -0.4 is 5.32 Å². The van der Waals surface area contributed by atoms with Gasteiger partial charge in [-0.15, -0.1) is 11.3 Å². The molecule has 0 saturated heterocycles. The number of nitrogens with zero attached hydrogens (tertiary/aromatic N) is 3. The first-order valence-corrected chi connectivity index (χ1v) is 5.52. The monoisotopic (exact) mass is 220 g/mol. The molecule has 0 aliphatic heterocycles. The maximum absolute atomic E-state index is 4.32. The van der Waals surface area contributed by atoms with E-state index in [1.807, 2.05) is 6.20 Å². The van der Waals surface area contributed by atoms with Crippen molar-refractivity contribution in [2.24, 2.45) is 0 Å². The van der Waals surface area contributed by atoms with Crippen LogP contribution in [-0.2, 0) is 0 Å². The SMILES string of the molecule is Cc1cnc(C(C)Nc2cnccn2)s1. The van der Waals surface area contributed by atoms with E-state index in [-0.39, 0.29) is 6.04 Å². The van der Waals surface area contributed by atoms with Crippen LogP contribution in [0.2, 0.25) is 0 Å². The topological polar surface area (TPSA) is 50.7 Å². The molecule has 1 atom stereocenters. The third-order valence-electron chi connectivity index (χ3n) is 1.94. The summed E-state index contributed by atoms with van der Waals surface area (Å²) in [5.74, 6) is 0.776. The van der Waals surface area contributed by atoms with Crippen LogP contribution in [0, 0.1) is 6.92 Å². The van der Waals surface area contributed by atoms with Gasteiger partial charge in [0.1, 0.15) is 10.8 Å². The number of rotatable bonds is 3. The summed E-state index contributed by atoms with van der Waals surface area (Å²) in [6, 6.07) is 0.167. The molecule has 0 aliphatic rings. The van der Waals surface area contributed by atoms with E-state index < -0.39 is 0 Å². The Kier molecular flexibility index (Phi) is 2.91. The summed E-state index contributed by atoms with van der Waals surface area (Å²) >= 11 is 1.69. The number of hydrogen-bond acceptors (Lipinski definition) is 5. The molecule has 1 unspecified atom stereocenters. The maximum Gasteiger partial charge on any atom is 0.145 e. The van der Waals surface area contributed by atoms with Gasteiger partial charge in [-0.2, -0.15) is 0 Å². The Balaban J connectivity index is 2.07. The van der Waals surface area contributed by atoms with Crippen molar-refractivity contribution in [3.8, 4) is 0 Å². The lowest BCUT2D eigenvalue weighted by Crippen LogP contribution is -2.07. The summed E-state index contributed by atoms with van der Waals surface area (Å²) < 4.78 is 0. The summed E-state index contributed by atoms with van der Waals surface area (Å²) in [6.07, 6.45) is 6.91. The van der Waals surface area contributed by atoms with Crippen LogP contribution in [0.3, 0.4) is 0 Å². The van der Waals surface area contributed by atoms with Crippen molar-refractivity contribution in [2.45, 2.75) is 19.9 Å². The first-order chi connectivity index (χ1) is 7.25. The smallest absolute Gasteiger partial charge is 0.145 e. The van der Waals surface area contributed by atoms with Gasteiger partial charge in [0, 0.05) is 23.5 Å². The quantitative estimate of drug-likeness (QED) is 0.863. The normalized spacial score (nSPS) is 12.4. The van der Waals surface area contributed by atoms with Crippen molar-refractivity contribution in [1.82, 2.24) is 15.0 Å². The van der Waals surface area contributed by atoms with Gasteiger partial charge in [-0.3, -0.25) is 4.98 Å². The highest BCUT2D eigenvalue weighted by atomic mass is 32.1. The highest BCUT2D eigenvalue weighted by Gasteiger charge is 2.09. The molecular formula is C10H12N4S. The Hall–Kier alpha value is -1.49. The minimum atomic E-state index is 0.167. The van der Waals surface area contributed by atoms with Gasteiger partial charge in [0.2, 0.25) is 0 Å². The summed E-state index contributed by atoms with van der Waals surface area (Å²) in [7, 11) is 0. The van der Waals surface area contributed by atoms with Crippen molar-refractivity contribution in [2.75, 3.05) is 5.32 Å². The van der Waals surface area contributed by atoms with Crippen molar-refractivity contribution < 1.29 is 0 Å². The summed E-state index contributed by atoms with van der Waals surface area (Å²) in [5.41, 5.74) is 0. The molecule has 2 aromatic rings. The van der Waals surface area contributed by atoms with E-state index in [0.29, 0.717) is 0 Å². The van der Waals surface area contributed by atoms with Crippen molar-refractivity contribution in [1.29, 1.82) is 0 Å². The fraction of sp³-hybridized carbons (Fsp3) is 0.300. The van der Waals surface area contributed by atoms with Gasteiger partial charge in [-0.25, -0.2) is 9.97 Å². The molecule has 78 valence electrons. The van der Waals surface area contributed by atoms with E-state index >= 15 is 0 Å². The predicted octanol–water partition coefficient (Wildman–Crippen LogP) is 2.41. The second-order valence-electron chi connectivity index (χ2n) is 3.27. The molecule has 0 aromatic carbocycles. The molecule has 0 radical (unpaired) electrons. The van der Waals surface area contributed by atoms with Gasteiger partial charge >= 0.3 is 0 Å². The highest BCUT2D eigenvalue weighted by molar-refractivity contribution is 7.11. The molecule has 2 rings (SSSR count). The molecule has 15 heavy (non-hydrogen) atoms. The number of nitrogens with one attached hydrogen (secondary N) is 1.